The number of anilines is 1. The van der Waals surface area contributed by atoms with Crippen molar-refractivity contribution in [1.82, 2.24) is 10.2 Å². The third-order valence-corrected chi connectivity index (χ3v) is 3.93. The first-order chi connectivity index (χ1) is 8.58. The second-order valence-corrected chi connectivity index (χ2v) is 5.73. The molecule has 4 nitrogen and oxygen atoms in total. The van der Waals surface area contributed by atoms with E-state index in [1.165, 1.54) is 9.75 Å². The minimum atomic E-state index is 0.147. The molecular weight excluding hydrogens is 264 g/mol. The fourth-order valence-electron chi connectivity index (χ4n) is 1.60. The third kappa shape index (κ3) is 2.83. The number of hydrogen-bond acceptors (Lipinski definition) is 5. The Bertz CT molecular complexity index is 565. The normalized spacial score (nSPS) is 12.1. The van der Waals surface area contributed by atoms with E-state index in [0.717, 1.165) is 5.56 Å². The second-order valence-electron chi connectivity index (χ2n) is 3.97. The number of nitrogens with one attached hydrogen (secondary N) is 1. The Kier molecular flexibility index (Phi) is 3.88. The van der Waals surface area contributed by atoms with Crippen LogP contribution in [0.1, 0.15) is 28.3 Å². The molecule has 0 aromatic carbocycles. The molecule has 2 aromatic heterocycles. The average molecular weight is 278 g/mol. The third-order valence-electron chi connectivity index (χ3n) is 2.53. The van der Waals surface area contributed by atoms with Crippen LogP contribution in [0.3, 0.4) is 0 Å². The standard InChI is InChI=1S/C12H14N4S2/c1-7-3-4-10(18-7)8(2)15-12-9(11(13)17)5-6-14-16-12/h3-6,8H,1-2H3,(H2,13,17)(H,15,16). The average Bonchev–Trinajstić information content (AvgIpc) is 2.76. The van der Waals surface area contributed by atoms with E-state index in [1.54, 1.807) is 23.6 Å². The summed E-state index contributed by atoms with van der Waals surface area (Å²) in [5, 5.41) is 11.2. The molecule has 0 amide bonds. The van der Waals surface area contributed by atoms with Gasteiger partial charge in [-0.3, -0.25) is 0 Å². The zero-order valence-electron chi connectivity index (χ0n) is 10.2. The molecule has 2 rings (SSSR count). The highest BCUT2D eigenvalue weighted by atomic mass is 32.1. The molecule has 1 atom stereocenters. The fraction of sp³-hybridized carbons (Fsp3) is 0.250. The molecule has 0 bridgehead atoms. The molecule has 0 fully saturated rings. The molecule has 0 saturated heterocycles. The minimum absolute atomic E-state index is 0.147. The van der Waals surface area contributed by atoms with Gasteiger partial charge in [0, 0.05) is 9.75 Å². The quantitative estimate of drug-likeness (QED) is 0.842. The van der Waals surface area contributed by atoms with E-state index in [2.05, 4.69) is 41.5 Å². The molecule has 18 heavy (non-hydrogen) atoms. The van der Waals surface area contributed by atoms with Crippen LogP contribution in [0.15, 0.2) is 24.4 Å². The van der Waals surface area contributed by atoms with E-state index in [1.807, 2.05) is 0 Å². The van der Waals surface area contributed by atoms with Crippen molar-refractivity contribution in [2.45, 2.75) is 19.9 Å². The largest absolute Gasteiger partial charge is 0.389 e. The highest BCUT2D eigenvalue weighted by molar-refractivity contribution is 7.80. The Hall–Kier alpha value is -1.53. The summed E-state index contributed by atoms with van der Waals surface area (Å²) in [6.07, 6.45) is 1.58. The van der Waals surface area contributed by atoms with E-state index < -0.39 is 0 Å². The van der Waals surface area contributed by atoms with Crippen molar-refractivity contribution < 1.29 is 0 Å². The number of aromatic nitrogens is 2. The van der Waals surface area contributed by atoms with Crippen molar-refractivity contribution in [3.05, 3.63) is 39.7 Å². The van der Waals surface area contributed by atoms with Crippen molar-refractivity contribution >= 4 is 34.4 Å². The van der Waals surface area contributed by atoms with E-state index >= 15 is 0 Å². The second kappa shape index (κ2) is 5.41. The van der Waals surface area contributed by atoms with Crippen LogP contribution in [0, 0.1) is 6.92 Å². The first-order valence-corrected chi connectivity index (χ1v) is 6.74. The summed E-state index contributed by atoms with van der Waals surface area (Å²) in [4.78, 5) is 2.85. The number of aryl methyl sites for hydroxylation is 1. The van der Waals surface area contributed by atoms with Crippen molar-refractivity contribution in [3.8, 4) is 0 Å². The van der Waals surface area contributed by atoms with Gasteiger partial charge in [-0.1, -0.05) is 12.2 Å². The van der Waals surface area contributed by atoms with Gasteiger partial charge in [0.15, 0.2) is 5.82 Å². The van der Waals surface area contributed by atoms with Crippen molar-refractivity contribution in [2.75, 3.05) is 5.32 Å². The first-order valence-electron chi connectivity index (χ1n) is 5.52. The van der Waals surface area contributed by atoms with Crippen molar-refractivity contribution in [2.24, 2.45) is 5.73 Å². The Balaban J connectivity index is 2.21. The number of rotatable bonds is 4. The van der Waals surface area contributed by atoms with Gasteiger partial charge in [-0.2, -0.15) is 5.10 Å². The van der Waals surface area contributed by atoms with Crippen molar-refractivity contribution in [3.63, 3.8) is 0 Å². The Morgan fingerprint density at radius 1 is 1.44 bits per heavy atom. The van der Waals surface area contributed by atoms with E-state index in [0.29, 0.717) is 10.8 Å². The molecule has 2 heterocycles. The lowest BCUT2D eigenvalue weighted by Crippen LogP contribution is -2.16. The van der Waals surface area contributed by atoms with Gasteiger partial charge in [0.1, 0.15) is 4.99 Å². The topological polar surface area (TPSA) is 63.8 Å². The van der Waals surface area contributed by atoms with E-state index in [9.17, 15) is 0 Å². The molecule has 2 aromatic rings. The monoisotopic (exact) mass is 278 g/mol. The summed E-state index contributed by atoms with van der Waals surface area (Å²) in [5.41, 5.74) is 6.38. The molecule has 0 spiro atoms. The Labute approximate surface area is 115 Å². The van der Waals surface area contributed by atoms with Gasteiger partial charge in [0.2, 0.25) is 0 Å². The smallest absolute Gasteiger partial charge is 0.159 e. The first kappa shape index (κ1) is 12.9. The van der Waals surface area contributed by atoms with E-state index in [-0.39, 0.29) is 6.04 Å². The molecule has 94 valence electrons. The molecular formula is C12H14N4S2. The van der Waals surface area contributed by atoms with Crippen LogP contribution in [0.25, 0.3) is 0 Å². The van der Waals surface area contributed by atoms with Crippen LogP contribution in [-0.2, 0) is 0 Å². The summed E-state index contributed by atoms with van der Waals surface area (Å²) >= 11 is 6.75. The minimum Gasteiger partial charge on any atom is -0.389 e. The lowest BCUT2D eigenvalue weighted by molar-refractivity contribution is 0.877. The van der Waals surface area contributed by atoms with Gasteiger partial charge in [-0.15, -0.1) is 16.4 Å². The Morgan fingerprint density at radius 3 is 2.83 bits per heavy atom. The number of thiocarbonyl (C=S) groups is 1. The molecule has 1 unspecified atom stereocenters. The molecule has 6 heteroatoms. The zero-order valence-corrected chi connectivity index (χ0v) is 11.8. The van der Waals surface area contributed by atoms with Crippen LogP contribution in [0.5, 0.6) is 0 Å². The van der Waals surface area contributed by atoms with Gasteiger partial charge >= 0.3 is 0 Å². The summed E-state index contributed by atoms with van der Waals surface area (Å²) in [5.74, 6) is 0.628. The molecule has 0 aliphatic carbocycles. The van der Waals surface area contributed by atoms with Crippen LogP contribution < -0.4 is 11.1 Å². The van der Waals surface area contributed by atoms with Gasteiger partial charge in [0.25, 0.3) is 0 Å². The number of nitrogens with two attached hydrogens (primary N) is 1. The fourth-order valence-corrected chi connectivity index (χ4v) is 2.64. The SMILES string of the molecule is Cc1ccc(C(C)Nc2nnccc2C(N)=S)s1. The number of nitrogens with zero attached hydrogens (tertiary/aromatic N) is 2. The Morgan fingerprint density at radius 2 is 2.22 bits per heavy atom. The van der Waals surface area contributed by atoms with Gasteiger partial charge in [0.05, 0.1) is 17.8 Å². The lowest BCUT2D eigenvalue weighted by atomic mass is 10.2. The van der Waals surface area contributed by atoms with Crippen LogP contribution in [0.2, 0.25) is 0 Å². The van der Waals surface area contributed by atoms with Crippen LogP contribution in [-0.4, -0.2) is 15.2 Å². The predicted molar refractivity (Wildman–Crippen MR) is 79.0 cm³/mol. The number of hydrogen-bond donors (Lipinski definition) is 2. The summed E-state index contributed by atoms with van der Waals surface area (Å²) in [6.45, 7) is 4.16. The predicted octanol–water partition coefficient (Wildman–Crippen LogP) is 2.65. The van der Waals surface area contributed by atoms with Gasteiger partial charge < -0.3 is 11.1 Å². The molecule has 0 aliphatic rings. The molecule has 0 aliphatic heterocycles. The molecule has 3 N–H and O–H groups in total. The maximum absolute atomic E-state index is 5.66. The summed E-state index contributed by atoms with van der Waals surface area (Å²) < 4.78 is 0. The summed E-state index contributed by atoms with van der Waals surface area (Å²) in [6, 6.07) is 6.12. The highest BCUT2D eigenvalue weighted by Gasteiger charge is 2.12. The van der Waals surface area contributed by atoms with E-state index in [4.69, 9.17) is 18.0 Å². The van der Waals surface area contributed by atoms with Crippen molar-refractivity contribution in [1.29, 1.82) is 0 Å². The van der Waals surface area contributed by atoms with Gasteiger partial charge in [-0.25, -0.2) is 0 Å². The highest BCUT2D eigenvalue weighted by Crippen LogP contribution is 2.25. The lowest BCUT2D eigenvalue weighted by Gasteiger charge is -2.14. The zero-order chi connectivity index (χ0) is 13.1. The maximum Gasteiger partial charge on any atom is 0.159 e. The molecule has 0 saturated carbocycles. The summed E-state index contributed by atoms with van der Waals surface area (Å²) in [7, 11) is 0. The molecule has 0 radical (unpaired) electrons. The maximum atomic E-state index is 5.66. The van der Waals surface area contributed by atoms with Crippen LogP contribution in [0.4, 0.5) is 5.82 Å². The number of thiophene rings is 1. The van der Waals surface area contributed by atoms with Crippen LogP contribution >= 0.6 is 23.6 Å². The van der Waals surface area contributed by atoms with Gasteiger partial charge in [-0.05, 0) is 32.0 Å².